The number of hydrogen-bond donors (Lipinski definition) is 0. The Kier molecular flexibility index (Phi) is 3.61. The van der Waals surface area contributed by atoms with E-state index in [9.17, 15) is 10.1 Å². The van der Waals surface area contributed by atoms with Gasteiger partial charge in [-0.3, -0.25) is 14.8 Å². The normalized spacial score (nSPS) is 10.3. The molecule has 1 heterocycles. The predicted molar refractivity (Wildman–Crippen MR) is 69.0 cm³/mol. The van der Waals surface area contributed by atoms with Crippen LogP contribution in [0.15, 0.2) is 30.6 Å². The number of nitro benzene ring substituents is 1. The molecule has 0 aliphatic carbocycles. The van der Waals surface area contributed by atoms with Crippen LogP contribution in [0.4, 0.5) is 5.69 Å². The van der Waals surface area contributed by atoms with Crippen LogP contribution in [0.1, 0.15) is 5.56 Å². The molecule has 0 fully saturated rings. The van der Waals surface area contributed by atoms with Gasteiger partial charge >= 0.3 is 0 Å². The van der Waals surface area contributed by atoms with E-state index in [0.717, 1.165) is 0 Å². The van der Waals surface area contributed by atoms with Gasteiger partial charge in [0.05, 0.1) is 17.3 Å². The Bertz CT molecular complexity index is 583. The fourth-order valence-corrected chi connectivity index (χ4v) is 1.95. The van der Waals surface area contributed by atoms with Crippen LogP contribution in [-0.4, -0.2) is 14.7 Å². The van der Waals surface area contributed by atoms with Gasteiger partial charge in [0, 0.05) is 24.0 Å². The van der Waals surface area contributed by atoms with Crippen molar-refractivity contribution in [3.05, 3.63) is 46.3 Å². The number of nitro groups is 1. The third-order valence-electron chi connectivity index (χ3n) is 2.31. The summed E-state index contributed by atoms with van der Waals surface area (Å²) >= 11 is 3.22. The smallest absolute Gasteiger partial charge is 0.273 e. The van der Waals surface area contributed by atoms with E-state index in [-0.39, 0.29) is 5.69 Å². The molecule has 18 heavy (non-hydrogen) atoms. The first-order valence-electron chi connectivity index (χ1n) is 5.10. The van der Waals surface area contributed by atoms with Gasteiger partial charge in [0.15, 0.2) is 5.75 Å². The lowest BCUT2D eigenvalue weighted by Gasteiger charge is -2.05. The average molecular weight is 312 g/mol. The monoisotopic (exact) mass is 311 g/mol. The second-order valence-corrected chi connectivity index (χ2v) is 4.19. The second kappa shape index (κ2) is 5.18. The molecule has 2 aromatic rings. The van der Waals surface area contributed by atoms with Gasteiger partial charge in [0.1, 0.15) is 5.75 Å². The standard InChI is InChI=1S/C11H10BrN3O3/c1-14-7-10(6-13-14)18-9-2-3-11(15(16)17)8(4-9)5-12/h2-4,6-7H,5H2,1H3. The number of rotatable bonds is 4. The summed E-state index contributed by atoms with van der Waals surface area (Å²) in [7, 11) is 1.78. The van der Waals surface area contributed by atoms with Gasteiger partial charge in [0.25, 0.3) is 5.69 Å². The molecule has 0 spiro atoms. The topological polar surface area (TPSA) is 70.2 Å². The van der Waals surface area contributed by atoms with Crippen LogP contribution in [0, 0.1) is 10.1 Å². The Morgan fingerprint density at radius 2 is 2.28 bits per heavy atom. The lowest BCUT2D eigenvalue weighted by atomic mass is 10.2. The Balaban J connectivity index is 2.27. The van der Waals surface area contributed by atoms with E-state index in [2.05, 4.69) is 21.0 Å². The fourth-order valence-electron chi connectivity index (χ4n) is 1.50. The van der Waals surface area contributed by atoms with Crippen molar-refractivity contribution in [3.8, 4) is 11.5 Å². The average Bonchev–Trinajstić information content (AvgIpc) is 2.74. The lowest BCUT2D eigenvalue weighted by Crippen LogP contribution is -1.94. The van der Waals surface area contributed by atoms with E-state index in [1.54, 1.807) is 36.3 Å². The number of aryl methyl sites for hydroxylation is 1. The zero-order chi connectivity index (χ0) is 13.1. The maximum Gasteiger partial charge on any atom is 0.273 e. The SMILES string of the molecule is Cn1cc(Oc2ccc([N+](=O)[O-])c(CBr)c2)cn1. The van der Waals surface area contributed by atoms with Gasteiger partial charge in [0.2, 0.25) is 0 Å². The van der Waals surface area contributed by atoms with Crippen LogP contribution in [-0.2, 0) is 12.4 Å². The number of aromatic nitrogens is 2. The van der Waals surface area contributed by atoms with Crippen molar-refractivity contribution in [1.82, 2.24) is 9.78 Å². The van der Waals surface area contributed by atoms with Crippen LogP contribution >= 0.6 is 15.9 Å². The van der Waals surface area contributed by atoms with E-state index in [1.807, 2.05) is 0 Å². The van der Waals surface area contributed by atoms with Crippen molar-refractivity contribution in [2.75, 3.05) is 0 Å². The Labute approximate surface area is 111 Å². The largest absolute Gasteiger partial charge is 0.454 e. The number of nitrogens with zero attached hydrogens (tertiary/aromatic N) is 3. The van der Waals surface area contributed by atoms with Gasteiger partial charge in [-0.25, -0.2) is 0 Å². The summed E-state index contributed by atoms with van der Waals surface area (Å²) < 4.78 is 7.17. The summed E-state index contributed by atoms with van der Waals surface area (Å²) in [5.41, 5.74) is 0.645. The summed E-state index contributed by atoms with van der Waals surface area (Å²) in [6, 6.07) is 4.64. The summed E-state index contributed by atoms with van der Waals surface area (Å²) in [6.07, 6.45) is 3.30. The first-order chi connectivity index (χ1) is 8.60. The molecule has 0 saturated heterocycles. The van der Waals surface area contributed by atoms with Gasteiger partial charge in [-0.15, -0.1) is 0 Å². The van der Waals surface area contributed by atoms with Gasteiger partial charge in [-0.2, -0.15) is 5.10 Å². The van der Waals surface area contributed by atoms with Crippen molar-refractivity contribution < 1.29 is 9.66 Å². The maximum atomic E-state index is 10.8. The highest BCUT2D eigenvalue weighted by atomic mass is 79.9. The number of hydrogen-bond acceptors (Lipinski definition) is 4. The molecule has 0 unspecified atom stereocenters. The molecule has 0 amide bonds. The summed E-state index contributed by atoms with van der Waals surface area (Å²) in [5, 5.41) is 15.2. The molecule has 0 aliphatic rings. The minimum atomic E-state index is -0.412. The van der Waals surface area contributed by atoms with Crippen LogP contribution in [0.5, 0.6) is 11.5 Å². The summed E-state index contributed by atoms with van der Waals surface area (Å²) in [5.74, 6) is 1.13. The molecule has 0 atom stereocenters. The van der Waals surface area contributed by atoms with Crippen LogP contribution in [0.2, 0.25) is 0 Å². The molecule has 1 aromatic heterocycles. The minimum Gasteiger partial charge on any atom is -0.454 e. The molecule has 0 N–H and O–H groups in total. The van der Waals surface area contributed by atoms with Crippen molar-refractivity contribution in [2.24, 2.45) is 7.05 Å². The number of ether oxygens (including phenoxy) is 1. The van der Waals surface area contributed by atoms with Crippen LogP contribution in [0.3, 0.4) is 0 Å². The minimum absolute atomic E-state index is 0.0745. The van der Waals surface area contributed by atoms with Crippen molar-refractivity contribution in [2.45, 2.75) is 5.33 Å². The molecular weight excluding hydrogens is 302 g/mol. The van der Waals surface area contributed by atoms with E-state index in [4.69, 9.17) is 4.74 Å². The zero-order valence-corrected chi connectivity index (χ0v) is 11.1. The number of alkyl halides is 1. The Hall–Kier alpha value is -1.89. The fraction of sp³-hybridized carbons (Fsp3) is 0.182. The predicted octanol–water partition coefficient (Wildman–Crippen LogP) is 3.02. The maximum absolute atomic E-state index is 10.8. The van der Waals surface area contributed by atoms with E-state index in [0.29, 0.717) is 22.4 Å². The molecular formula is C11H10BrN3O3. The quantitative estimate of drug-likeness (QED) is 0.494. The highest BCUT2D eigenvalue weighted by Crippen LogP contribution is 2.28. The highest BCUT2D eigenvalue weighted by Gasteiger charge is 2.13. The summed E-state index contributed by atoms with van der Waals surface area (Å²) in [4.78, 5) is 10.4. The van der Waals surface area contributed by atoms with Crippen LogP contribution in [0.25, 0.3) is 0 Å². The van der Waals surface area contributed by atoms with Gasteiger partial charge in [-0.05, 0) is 12.1 Å². The zero-order valence-electron chi connectivity index (χ0n) is 9.54. The van der Waals surface area contributed by atoms with Crippen molar-refractivity contribution in [3.63, 3.8) is 0 Å². The molecule has 0 aliphatic heterocycles. The Morgan fingerprint density at radius 3 is 2.83 bits per heavy atom. The van der Waals surface area contributed by atoms with E-state index >= 15 is 0 Å². The second-order valence-electron chi connectivity index (χ2n) is 3.63. The van der Waals surface area contributed by atoms with Crippen molar-refractivity contribution in [1.29, 1.82) is 0 Å². The van der Waals surface area contributed by atoms with E-state index in [1.165, 1.54) is 6.07 Å². The van der Waals surface area contributed by atoms with Gasteiger partial charge in [-0.1, -0.05) is 15.9 Å². The molecule has 6 nitrogen and oxygen atoms in total. The molecule has 0 saturated carbocycles. The van der Waals surface area contributed by atoms with E-state index < -0.39 is 4.92 Å². The number of benzene rings is 1. The van der Waals surface area contributed by atoms with Gasteiger partial charge < -0.3 is 4.74 Å². The first kappa shape index (κ1) is 12.6. The van der Waals surface area contributed by atoms with Crippen LogP contribution < -0.4 is 4.74 Å². The first-order valence-corrected chi connectivity index (χ1v) is 6.22. The molecule has 94 valence electrons. The lowest BCUT2D eigenvalue weighted by molar-refractivity contribution is -0.385. The molecule has 1 aromatic carbocycles. The number of halogens is 1. The summed E-state index contributed by atoms with van der Waals surface area (Å²) in [6.45, 7) is 0. The molecule has 7 heteroatoms. The Morgan fingerprint density at radius 1 is 1.50 bits per heavy atom. The molecule has 2 rings (SSSR count). The molecule has 0 radical (unpaired) electrons. The molecule has 0 bridgehead atoms. The third-order valence-corrected chi connectivity index (χ3v) is 2.91. The van der Waals surface area contributed by atoms with Crippen molar-refractivity contribution >= 4 is 21.6 Å². The third kappa shape index (κ3) is 2.67. The highest BCUT2D eigenvalue weighted by molar-refractivity contribution is 9.08.